The summed E-state index contributed by atoms with van der Waals surface area (Å²) in [4.78, 5) is 23.6. The molecule has 1 aromatic rings. The molecule has 3 rings (SSSR count). The van der Waals surface area contributed by atoms with Gasteiger partial charge in [-0.15, -0.1) is 0 Å². The molecule has 6 heteroatoms. The van der Waals surface area contributed by atoms with E-state index in [0.717, 1.165) is 0 Å². The number of ether oxygens (including phenoxy) is 1. The lowest BCUT2D eigenvalue weighted by Crippen LogP contribution is -2.39. The van der Waals surface area contributed by atoms with Crippen molar-refractivity contribution in [1.29, 1.82) is 0 Å². The summed E-state index contributed by atoms with van der Waals surface area (Å²) in [6.45, 7) is 0. The van der Waals surface area contributed by atoms with Gasteiger partial charge in [-0.05, 0) is 18.2 Å². The van der Waals surface area contributed by atoms with Gasteiger partial charge in [0.1, 0.15) is 5.92 Å². The average Bonchev–Trinajstić information content (AvgIpc) is 2.98. The van der Waals surface area contributed by atoms with Gasteiger partial charge in [-0.3, -0.25) is 9.59 Å². The number of anilines is 1. The van der Waals surface area contributed by atoms with E-state index in [-0.39, 0.29) is 5.91 Å². The molecule has 1 amide bonds. The molecule has 1 saturated heterocycles. The van der Waals surface area contributed by atoms with Gasteiger partial charge in [-0.25, -0.2) is 0 Å². The van der Waals surface area contributed by atoms with E-state index in [0.29, 0.717) is 10.7 Å². The highest BCUT2D eigenvalue weighted by Crippen LogP contribution is 2.39. The Hall–Kier alpha value is -1.85. The maximum Gasteiger partial charge on any atom is 0.310 e. The lowest BCUT2D eigenvalue weighted by molar-refractivity contribution is -0.145. The van der Waals surface area contributed by atoms with Crippen molar-refractivity contribution in [1.82, 2.24) is 0 Å². The smallest absolute Gasteiger partial charge is 0.310 e. The van der Waals surface area contributed by atoms with Gasteiger partial charge in [0.15, 0.2) is 0 Å². The third-order valence-corrected chi connectivity index (χ3v) is 3.81. The van der Waals surface area contributed by atoms with E-state index >= 15 is 0 Å². The Balaban J connectivity index is 1.80. The Labute approximate surface area is 120 Å². The first-order chi connectivity index (χ1) is 9.56. The Morgan fingerprint density at radius 1 is 1.20 bits per heavy atom. The largest absolute Gasteiger partial charge is 0.481 e. The van der Waals surface area contributed by atoms with Crippen molar-refractivity contribution in [3.63, 3.8) is 0 Å². The molecule has 4 atom stereocenters. The number of nitrogens with one attached hydrogen (secondary N) is 1. The molecule has 1 aromatic carbocycles. The highest BCUT2D eigenvalue weighted by molar-refractivity contribution is 6.30. The van der Waals surface area contributed by atoms with E-state index in [1.165, 1.54) is 0 Å². The fourth-order valence-electron chi connectivity index (χ4n) is 2.71. The van der Waals surface area contributed by atoms with Gasteiger partial charge in [-0.2, -0.15) is 0 Å². The second kappa shape index (κ2) is 4.92. The van der Waals surface area contributed by atoms with Gasteiger partial charge in [0, 0.05) is 10.7 Å². The van der Waals surface area contributed by atoms with Crippen LogP contribution in [0.5, 0.6) is 0 Å². The zero-order chi connectivity index (χ0) is 14.3. The van der Waals surface area contributed by atoms with E-state index in [1.807, 2.05) is 0 Å². The molecule has 2 heterocycles. The molecule has 2 aliphatic rings. The summed E-state index contributed by atoms with van der Waals surface area (Å²) in [5.74, 6) is -2.95. The van der Waals surface area contributed by atoms with Crippen LogP contribution < -0.4 is 5.32 Å². The summed E-state index contributed by atoms with van der Waals surface area (Å²) in [5, 5.41) is 12.4. The highest BCUT2D eigenvalue weighted by Gasteiger charge is 2.53. The SMILES string of the molecule is O=C(O)[C@@H]1[C@@H](C(=O)Nc2cccc(Cl)c2)[C@@H]2C=C[C@@H]1O2. The first-order valence-corrected chi connectivity index (χ1v) is 6.57. The second-order valence-electron chi connectivity index (χ2n) is 4.84. The fourth-order valence-corrected chi connectivity index (χ4v) is 2.90. The van der Waals surface area contributed by atoms with Crippen molar-refractivity contribution in [2.45, 2.75) is 12.2 Å². The Morgan fingerprint density at radius 2 is 1.90 bits per heavy atom. The summed E-state index contributed by atoms with van der Waals surface area (Å²) in [6, 6.07) is 6.72. The molecule has 0 unspecified atom stereocenters. The zero-order valence-corrected chi connectivity index (χ0v) is 11.1. The minimum Gasteiger partial charge on any atom is -0.481 e. The van der Waals surface area contributed by atoms with Crippen LogP contribution >= 0.6 is 11.6 Å². The van der Waals surface area contributed by atoms with Crippen molar-refractivity contribution in [2.75, 3.05) is 5.32 Å². The molecule has 0 aromatic heterocycles. The lowest BCUT2D eigenvalue weighted by Gasteiger charge is -2.21. The molecule has 0 aliphatic carbocycles. The number of hydrogen-bond acceptors (Lipinski definition) is 3. The summed E-state index contributed by atoms with van der Waals surface area (Å²) in [6.07, 6.45) is 2.45. The zero-order valence-electron chi connectivity index (χ0n) is 10.3. The minimum atomic E-state index is -1.02. The van der Waals surface area contributed by atoms with Crippen molar-refractivity contribution in [2.24, 2.45) is 11.8 Å². The van der Waals surface area contributed by atoms with Gasteiger partial charge >= 0.3 is 5.97 Å². The number of aliphatic carboxylic acids is 1. The second-order valence-corrected chi connectivity index (χ2v) is 5.28. The first kappa shape index (κ1) is 13.1. The monoisotopic (exact) mass is 293 g/mol. The molecule has 0 spiro atoms. The summed E-state index contributed by atoms with van der Waals surface area (Å²) in [5.41, 5.74) is 0.540. The predicted molar refractivity (Wildman–Crippen MR) is 72.5 cm³/mol. The fraction of sp³-hybridized carbons (Fsp3) is 0.286. The average molecular weight is 294 g/mol. The standard InChI is InChI=1S/C14H12ClNO4/c15-7-2-1-3-8(6-7)16-13(17)11-9-4-5-10(20-9)12(11)14(18)19/h1-6,9-12H,(H,16,17)(H,18,19)/t9-,10-,11-,12-/m0/s1. The van der Waals surface area contributed by atoms with Crippen LogP contribution in [0.15, 0.2) is 36.4 Å². The summed E-state index contributed by atoms with van der Waals surface area (Å²) < 4.78 is 5.46. The van der Waals surface area contributed by atoms with Gasteiger partial charge < -0.3 is 15.2 Å². The van der Waals surface area contributed by atoms with Gasteiger partial charge in [0.2, 0.25) is 5.91 Å². The molecule has 20 heavy (non-hydrogen) atoms. The number of rotatable bonds is 3. The number of carbonyl (C=O) groups excluding carboxylic acids is 1. The number of halogens is 1. The molecule has 1 fully saturated rings. The first-order valence-electron chi connectivity index (χ1n) is 6.19. The molecule has 2 N–H and O–H groups in total. The van der Waals surface area contributed by atoms with Crippen LogP contribution in [0.1, 0.15) is 0 Å². The molecule has 104 valence electrons. The molecule has 2 bridgehead atoms. The summed E-state index contributed by atoms with van der Waals surface area (Å²) in [7, 11) is 0. The predicted octanol–water partition coefficient (Wildman–Crippen LogP) is 1.93. The normalized spacial score (nSPS) is 30.4. The Morgan fingerprint density at radius 3 is 2.55 bits per heavy atom. The molecule has 0 radical (unpaired) electrons. The molecular weight excluding hydrogens is 282 g/mol. The third kappa shape index (κ3) is 2.19. The van der Waals surface area contributed by atoms with E-state index in [4.69, 9.17) is 16.3 Å². The van der Waals surface area contributed by atoms with Crippen LogP contribution in [-0.4, -0.2) is 29.2 Å². The lowest BCUT2D eigenvalue weighted by atomic mass is 9.82. The Bertz CT molecular complexity index is 601. The van der Waals surface area contributed by atoms with Crippen molar-refractivity contribution in [3.05, 3.63) is 41.4 Å². The number of carboxylic acid groups (broad SMARTS) is 1. The van der Waals surface area contributed by atoms with Crippen LogP contribution in [0, 0.1) is 11.8 Å². The minimum absolute atomic E-state index is 0.364. The van der Waals surface area contributed by atoms with Crippen molar-refractivity contribution >= 4 is 29.2 Å². The van der Waals surface area contributed by atoms with Crippen molar-refractivity contribution < 1.29 is 19.4 Å². The molecule has 0 saturated carbocycles. The van der Waals surface area contributed by atoms with E-state index in [2.05, 4.69) is 5.32 Å². The molecule has 2 aliphatic heterocycles. The quantitative estimate of drug-likeness (QED) is 0.835. The van der Waals surface area contributed by atoms with Gasteiger partial charge in [0.05, 0.1) is 18.1 Å². The van der Waals surface area contributed by atoms with Crippen LogP contribution in [-0.2, 0) is 14.3 Å². The number of carboxylic acids is 1. The number of benzene rings is 1. The molecular formula is C14H12ClNO4. The van der Waals surface area contributed by atoms with Crippen molar-refractivity contribution in [3.8, 4) is 0 Å². The third-order valence-electron chi connectivity index (χ3n) is 3.58. The maximum absolute atomic E-state index is 12.3. The van der Waals surface area contributed by atoms with Crippen LogP contribution in [0.25, 0.3) is 0 Å². The maximum atomic E-state index is 12.3. The van der Waals surface area contributed by atoms with Gasteiger partial charge in [-0.1, -0.05) is 29.8 Å². The van der Waals surface area contributed by atoms with E-state index in [1.54, 1.807) is 36.4 Å². The molecule has 5 nitrogen and oxygen atoms in total. The number of carbonyl (C=O) groups is 2. The van der Waals surface area contributed by atoms with Crippen LogP contribution in [0.3, 0.4) is 0 Å². The Kier molecular flexibility index (Phi) is 3.23. The number of hydrogen-bond donors (Lipinski definition) is 2. The summed E-state index contributed by atoms with van der Waals surface area (Å²) >= 11 is 5.85. The van der Waals surface area contributed by atoms with E-state index < -0.39 is 30.0 Å². The number of fused-ring (bicyclic) bond motifs is 2. The van der Waals surface area contributed by atoms with Crippen LogP contribution in [0.4, 0.5) is 5.69 Å². The topological polar surface area (TPSA) is 75.6 Å². The van der Waals surface area contributed by atoms with Gasteiger partial charge in [0.25, 0.3) is 0 Å². The number of amides is 1. The highest BCUT2D eigenvalue weighted by atomic mass is 35.5. The van der Waals surface area contributed by atoms with E-state index in [9.17, 15) is 14.7 Å². The van der Waals surface area contributed by atoms with Crippen LogP contribution in [0.2, 0.25) is 5.02 Å².